The number of likely N-dealkylation sites (tertiary alicyclic amines) is 1. The highest BCUT2D eigenvalue weighted by Crippen LogP contribution is 2.38. The number of piperidine rings is 1. The largest absolute Gasteiger partial charge is 0.481 e. The van der Waals surface area contributed by atoms with E-state index in [1.165, 1.54) is 0 Å². The molecule has 52 heavy (non-hydrogen) atoms. The molecule has 0 bridgehead atoms. The number of benzene rings is 3. The Bertz CT molecular complexity index is 2320. The number of nitrogens with zero attached hydrogens (tertiary/aromatic N) is 5. The first kappa shape index (κ1) is 34.8. The molecular formula is C42H42N6O4. The maximum Gasteiger partial charge on any atom is 0.306 e. The maximum atomic E-state index is 11.4. The molecule has 1 fully saturated rings. The Morgan fingerprint density at radius 3 is 2.52 bits per heavy atom. The number of hydrogen-bond donors (Lipinski definition) is 3. The Hall–Kier alpha value is -5.63. The third kappa shape index (κ3) is 7.24. The number of carboxylic acid groups (broad SMARTS) is 1. The third-order valence-corrected chi connectivity index (χ3v) is 10.2. The van der Waals surface area contributed by atoms with Gasteiger partial charge in [0, 0.05) is 35.6 Å². The lowest BCUT2D eigenvalue weighted by atomic mass is 9.93. The Morgan fingerprint density at radius 1 is 1.02 bits per heavy atom. The summed E-state index contributed by atoms with van der Waals surface area (Å²) >= 11 is 0. The third-order valence-electron chi connectivity index (χ3n) is 10.2. The fraction of sp³-hybridized carbons (Fsp3) is 0.310. The van der Waals surface area contributed by atoms with Crippen molar-refractivity contribution in [3.63, 3.8) is 0 Å². The van der Waals surface area contributed by atoms with Crippen LogP contribution in [0.2, 0.25) is 0 Å². The number of carbonyl (C=O) groups is 1. The number of aliphatic hydroxyl groups is 1. The maximum absolute atomic E-state index is 11.4. The number of anilines is 2. The van der Waals surface area contributed by atoms with Gasteiger partial charge in [0.25, 0.3) is 0 Å². The lowest BCUT2D eigenvalue weighted by molar-refractivity contribution is -0.143. The van der Waals surface area contributed by atoms with E-state index in [-0.39, 0.29) is 12.0 Å². The van der Waals surface area contributed by atoms with E-state index in [1.54, 1.807) is 6.20 Å². The molecule has 0 aliphatic carbocycles. The van der Waals surface area contributed by atoms with Crippen LogP contribution in [0.25, 0.3) is 44.6 Å². The molecule has 0 amide bonds. The molecule has 4 heterocycles. The van der Waals surface area contributed by atoms with Crippen LogP contribution < -0.4 is 5.32 Å². The zero-order chi connectivity index (χ0) is 36.4. The van der Waals surface area contributed by atoms with Crippen LogP contribution in [-0.2, 0) is 17.8 Å². The van der Waals surface area contributed by atoms with E-state index in [1.807, 2.05) is 55.6 Å². The predicted molar refractivity (Wildman–Crippen MR) is 202 cm³/mol. The number of rotatable bonds is 11. The number of carboxylic acids is 1. The molecule has 1 aliphatic heterocycles. The van der Waals surface area contributed by atoms with Gasteiger partial charge in [0.2, 0.25) is 5.89 Å². The van der Waals surface area contributed by atoms with E-state index in [9.17, 15) is 20.3 Å². The molecule has 6 aromatic rings. The van der Waals surface area contributed by atoms with Crippen LogP contribution >= 0.6 is 0 Å². The quantitative estimate of drug-likeness (QED) is 0.121. The molecule has 3 aromatic carbocycles. The minimum absolute atomic E-state index is 0.293. The summed E-state index contributed by atoms with van der Waals surface area (Å²) in [5.74, 6) is 0.114. The average molecular weight is 695 g/mol. The van der Waals surface area contributed by atoms with E-state index in [2.05, 4.69) is 53.3 Å². The van der Waals surface area contributed by atoms with Crippen molar-refractivity contribution in [2.75, 3.05) is 18.4 Å². The lowest BCUT2D eigenvalue weighted by Crippen LogP contribution is -2.35. The average Bonchev–Trinajstić information content (AvgIpc) is 3.56. The number of oxazole rings is 1. The smallest absolute Gasteiger partial charge is 0.306 e. The molecule has 0 radical (unpaired) electrons. The SMILES string of the molecule is Cc1c(Nc2nccc3cc(CCC[C@H](C)O)cnc23)cccc1-c1cccc(-c2nc3cc(CN4CCC(C(=O)O)CC4)cc(C#N)c3o2)c1C. The number of nitriles is 1. The van der Waals surface area contributed by atoms with Crippen LogP contribution in [0.5, 0.6) is 0 Å². The number of fused-ring (bicyclic) bond motifs is 2. The van der Waals surface area contributed by atoms with Crippen molar-refractivity contribution in [2.45, 2.75) is 65.5 Å². The second kappa shape index (κ2) is 14.9. The number of nitrogens with one attached hydrogen (secondary N) is 1. The van der Waals surface area contributed by atoms with Crippen molar-refractivity contribution in [3.8, 4) is 28.7 Å². The molecule has 1 aliphatic rings. The number of aromatic nitrogens is 3. The second-order valence-electron chi connectivity index (χ2n) is 13.9. The monoisotopic (exact) mass is 694 g/mol. The van der Waals surface area contributed by atoms with Gasteiger partial charge in [-0.25, -0.2) is 9.97 Å². The predicted octanol–water partition coefficient (Wildman–Crippen LogP) is 8.34. The van der Waals surface area contributed by atoms with Crippen LogP contribution in [0, 0.1) is 31.1 Å². The van der Waals surface area contributed by atoms with Crippen molar-refractivity contribution in [3.05, 3.63) is 101 Å². The summed E-state index contributed by atoms with van der Waals surface area (Å²) in [6.07, 6.45) is 7.15. The highest BCUT2D eigenvalue weighted by Gasteiger charge is 2.25. The molecule has 7 rings (SSSR count). The van der Waals surface area contributed by atoms with Gasteiger partial charge in [-0.2, -0.15) is 5.26 Å². The first-order valence-electron chi connectivity index (χ1n) is 17.9. The van der Waals surface area contributed by atoms with Gasteiger partial charge in [0.1, 0.15) is 17.1 Å². The second-order valence-corrected chi connectivity index (χ2v) is 13.9. The summed E-state index contributed by atoms with van der Waals surface area (Å²) in [7, 11) is 0. The molecule has 1 atom stereocenters. The summed E-state index contributed by atoms with van der Waals surface area (Å²) in [6, 6.07) is 22.5. The van der Waals surface area contributed by atoms with Gasteiger partial charge < -0.3 is 19.9 Å². The van der Waals surface area contributed by atoms with E-state index < -0.39 is 5.97 Å². The Kier molecular flexibility index (Phi) is 9.99. The van der Waals surface area contributed by atoms with Crippen LogP contribution in [0.1, 0.15) is 60.4 Å². The molecule has 0 spiro atoms. The van der Waals surface area contributed by atoms with Crippen LogP contribution in [0.3, 0.4) is 0 Å². The van der Waals surface area contributed by atoms with Gasteiger partial charge in [0.15, 0.2) is 11.4 Å². The van der Waals surface area contributed by atoms with E-state index in [4.69, 9.17) is 14.4 Å². The topological polar surface area (TPSA) is 148 Å². The fourth-order valence-electron chi connectivity index (χ4n) is 7.26. The van der Waals surface area contributed by atoms with Gasteiger partial charge in [-0.15, -0.1) is 0 Å². The lowest BCUT2D eigenvalue weighted by Gasteiger charge is -2.30. The Morgan fingerprint density at radius 2 is 1.77 bits per heavy atom. The first-order chi connectivity index (χ1) is 25.2. The molecule has 264 valence electrons. The summed E-state index contributed by atoms with van der Waals surface area (Å²) in [4.78, 5) is 27.9. The Balaban J connectivity index is 1.15. The first-order valence-corrected chi connectivity index (χ1v) is 17.9. The van der Waals surface area contributed by atoms with Crippen molar-refractivity contribution in [2.24, 2.45) is 5.92 Å². The van der Waals surface area contributed by atoms with E-state index in [0.717, 1.165) is 74.8 Å². The van der Waals surface area contributed by atoms with E-state index >= 15 is 0 Å². The molecular weight excluding hydrogens is 653 g/mol. The van der Waals surface area contributed by atoms with Gasteiger partial charge >= 0.3 is 5.97 Å². The summed E-state index contributed by atoms with van der Waals surface area (Å²) < 4.78 is 6.30. The summed E-state index contributed by atoms with van der Waals surface area (Å²) in [5.41, 5.74) is 10.3. The highest BCUT2D eigenvalue weighted by molar-refractivity contribution is 5.91. The molecule has 3 N–H and O–H groups in total. The standard InChI is InChI=1S/C42H42N6O4/c1-25(49)7-4-8-28-19-31-13-16-44-40(38(31)45-23-28)46-36-12-6-10-34(27(36)3)33-9-5-11-35(26(33)2)41-47-37-21-29(20-32(22-43)39(37)52-41)24-48-17-14-30(15-18-48)42(50)51/h5-6,9-13,16,19-21,23,25,30,49H,4,7-8,14-15,17-18,24H2,1-3H3,(H,44,46)(H,50,51)/t25-/m0/s1. The summed E-state index contributed by atoms with van der Waals surface area (Å²) in [6.45, 7) is 7.99. The zero-order valence-corrected chi connectivity index (χ0v) is 29.7. The highest BCUT2D eigenvalue weighted by atomic mass is 16.4. The van der Waals surface area contributed by atoms with Crippen LogP contribution in [0.4, 0.5) is 11.5 Å². The summed E-state index contributed by atoms with van der Waals surface area (Å²) in [5, 5.41) is 33.6. The van der Waals surface area contributed by atoms with Gasteiger partial charge in [0.05, 0.1) is 17.6 Å². The van der Waals surface area contributed by atoms with Crippen molar-refractivity contribution >= 4 is 39.5 Å². The normalized spacial score (nSPS) is 14.4. The zero-order valence-electron chi connectivity index (χ0n) is 29.7. The minimum atomic E-state index is -0.728. The van der Waals surface area contributed by atoms with Crippen molar-refractivity contribution in [1.29, 1.82) is 5.26 Å². The number of pyridine rings is 2. The number of aliphatic hydroxyl groups excluding tert-OH is 1. The molecule has 1 saturated heterocycles. The van der Waals surface area contributed by atoms with Gasteiger partial charge in [-0.05, 0) is 136 Å². The van der Waals surface area contributed by atoms with Crippen LogP contribution in [0.15, 0.2) is 77.5 Å². The molecule has 10 nitrogen and oxygen atoms in total. The minimum Gasteiger partial charge on any atom is -0.481 e. The molecule has 0 saturated carbocycles. The van der Waals surface area contributed by atoms with Crippen molar-refractivity contribution < 1.29 is 19.4 Å². The van der Waals surface area contributed by atoms with E-state index in [0.29, 0.717) is 60.8 Å². The van der Waals surface area contributed by atoms with Crippen molar-refractivity contribution in [1.82, 2.24) is 19.9 Å². The molecule has 0 unspecified atom stereocenters. The number of aliphatic carboxylic acids is 1. The number of aryl methyl sites for hydroxylation is 1. The molecule has 10 heteroatoms. The fourth-order valence-corrected chi connectivity index (χ4v) is 7.26. The molecule has 3 aromatic heterocycles. The van der Waals surface area contributed by atoms with Gasteiger partial charge in [-0.3, -0.25) is 14.7 Å². The van der Waals surface area contributed by atoms with Crippen LogP contribution in [-0.4, -0.2) is 55.2 Å². The Labute approximate surface area is 302 Å². The van der Waals surface area contributed by atoms with Gasteiger partial charge in [-0.1, -0.05) is 24.3 Å². The number of hydrogen-bond acceptors (Lipinski definition) is 9.